The van der Waals surface area contributed by atoms with Gasteiger partial charge in [0, 0.05) is 39.9 Å². The fraction of sp³-hybridized carbons (Fsp3) is 0.0333. The first-order valence-corrected chi connectivity index (χ1v) is 12.2. The van der Waals surface area contributed by atoms with Crippen molar-refractivity contribution in [3.05, 3.63) is 120 Å². The highest BCUT2D eigenvalue weighted by atomic mass is 19.1. The number of carbonyl (C=O) groups is 2. The van der Waals surface area contributed by atoms with Gasteiger partial charge in [0.15, 0.2) is 0 Å². The summed E-state index contributed by atoms with van der Waals surface area (Å²) in [5.41, 5.74) is 10.9. The van der Waals surface area contributed by atoms with Crippen molar-refractivity contribution in [1.29, 1.82) is 0 Å². The maximum atomic E-state index is 13.2. The quantitative estimate of drug-likeness (QED) is 0.153. The second-order valence-electron chi connectivity index (χ2n) is 8.93. The van der Waals surface area contributed by atoms with Crippen molar-refractivity contribution in [3.8, 4) is 11.1 Å². The zero-order valence-corrected chi connectivity index (χ0v) is 21.4. The summed E-state index contributed by atoms with van der Waals surface area (Å²) in [4.78, 5) is 38.2. The molecule has 0 bridgehead atoms. The minimum absolute atomic E-state index is 0.351. The van der Waals surface area contributed by atoms with E-state index in [2.05, 4.69) is 30.9 Å². The lowest BCUT2D eigenvalue weighted by molar-refractivity contribution is 0.101. The largest absolute Gasteiger partial charge is 0.399 e. The number of rotatable bonds is 7. The van der Waals surface area contributed by atoms with Crippen molar-refractivity contribution in [2.45, 2.75) is 6.92 Å². The van der Waals surface area contributed by atoms with E-state index in [1.807, 2.05) is 18.2 Å². The van der Waals surface area contributed by atoms with Crippen LogP contribution in [0.1, 0.15) is 26.3 Å². The van der Waals surface area contributed by atoms with Gasteiger partial charge < -0.3 is 21.7 Å². The van der Waals surface area contributed by atoms with Crippen LogP contribution in [-0.4, -0.2) is 26.8 Å². The van der Waals surface area contributed by atoms with E-state index in [1.54, 1.807) is 61.5 Å². The van der Waals surface area contributed by atoms with Gasteiger partial charge in [0.1, 0.15) is 0 Å². The summed E-state index contributed by atoms with van der Waals surface area (Å²) in [6.07, 6.45) is 4.39. The molecule has 5 rings (SSSR count). The highest BCUT2D eigenvalue weighted by Crippen LogP contribution is 2.22. The summed E-state index contributed by atoms with van der Waals surface area (Å²) in [6, 6.07) is 22.0. The van der Waals surface area contributed by atoms with Crippen LogP contribution in [0.4, 0.5) is 33.1 Å². The molecule has 0 aliphatic heterocycles. The van der Waals surface area contributed by atoms with Gasteiger partial charge in [0.2, 0.25) is 11.9 Å². The maximum Gasteiger partial charge on any atom is 0.256 e. The van der Waals surface area contributed by atoms with Crippen molar-refractivity contribution in [2.75, 3.05) is 21.7 Å². The van der Waals surface area contributed by atoms with E-state index in [1.165, 1.54) is 24.7 Å². The van der Waals surface area contributed by atoms with Crippen LogP contribution in [0.3, 0.4) is 0 Å². The highest BCUT2D eigenvalue weighted by molar-refractivity contribution is 6.08. The molecule has 5 aromatic rings. The Kier molecular flexibility index (Phi) is 7.41. The molecule has 9 nitrogen and oxygen atoms in total. The molecule has 0 radical (unpaired) electrons. The average Bonchev–Trinajstić information content (AvgIpc) is 2.95. The van der Waals surface area contributed by atoms with Crippen LogP contribution in [0.2, 0.25) is 0 Å². The Morgan fingerprint density at radius 2 is 1.50 bits per heavy atom. The predicted octanol–water partition coefficient (Wildman–Crippen LogP) is 5.82. The first kappa shape index (κ1) is 26.0. The third-order valence-electron chi connectivity index (χ3n) is 5.98. The molecule has 0 saturated heterocycles. The summed E-state index contributed by atoms with van der Waals surface area (Å²) in [7, 11) is 0. The van der Waals surface area contributed by atoms with Gasteiger partial charge in [0.05, 0.1) is 18.1 Å². The van der Waals surface area contributed by atoms with Crippen LogP contribution in [0.5, 0.6) is 0 Å². The van der Waals surface area contributed by atoms with Gasteiger partial charge in [-0.2, -0.15) is 4.39 Å². The van der Waals surface area contributed by atoms with Gasteiger partial charge in [-0.05, 0) is 72.6 Å². The van der Waals surface area contributed by atoms with Crippen LogP contribution in [0.15, 0.2) is 97.5 Å². The van der Waals surface area contributed by atoms with Crippen LogP contribution in [0, 0.1) is 12.9 Å². The van der Waals surface area contributed by atoms with E-state index in [-0.39, 0.29) is 11.8 Å². The standard InChI is InChI=1S/C30H24FN7O2/c1-18-8-10-24(36-28(39)20-5-2-4-19(12-20)21-9-11-27(31)33-15-21)14-26(18)29(40)37-25-16-34-30(35-17-25)38-23-7-3-6-22(32)13-23/h2-17H,32H2,1H3,(H,36,39)(H,37,40)(H,34,35,38). The summed E-state index contributed by atoms with van der Waals surface area (Å²) in [5.74, 6) is -0.958. The second kappa shape index (κ2) is 11.4. The molecule has 0 fully saturated rings. The van der Waals surface area contributed by atoms with Crippen molar-refractivity contribution >= 4 is 40.5 Å². The number of aromatic nitrogens is 3. The number of anilines is 5. The van der Waals surface area contributed by atoms with Gasteiger partial charge in [-0.15, -0.1) is 0 Å². The molecule has 0 atom stereocenters. The number of carbonyl (C=O) groups excluding carboxylic acids is 2. The second-order valence-corrected chi connectivity index (χ2v) is 8.93. The van der Waals surface area contributed by atoms with Gasteiger partial charge in [0.25, 0.3) is 11.8 Å². The molecule has 2 heterocycles. The minimum atomic E-state index is -0.576. The number of halogens is 1. The van der Waals surface area contributed by atoms with Crippen molar-refractivity contribution < 1.29 is 14.0 Å². The first-order valence-electron chi connectivity index (χ1n) is 12.2. The summed E-state index contributed by atoms with van der Waals surface area (Å²) in [5, 5.41) is 8.66. The normalized spacial score (nSPS) is 10.6. The molecule has 198 valence electrons. The third kappa shape index (κ3) is 6.25. The molecule has 2 amide bonds. The van der Waals surface area contributed by atoms with Crippen molar-refractivity contribution in [3.63, 3.8) is 0 Å². The summed E-state index contributed by atoms with van der Waals surface area (Å²) < 4.78 is 13.2. The number of nitrogens with zero attached hydrogens (tertiary/aromatic N) is 3. The van der Waals surface area contributed by atoms with E-state index in [4.69, 9.17) is 5.73 Å². The van der Waals surface area contributed by atoms with Crippen LogP contribution in [0.25, 0.3) is 11.1 Å². The molecule has 0 unspecified atom stereocenters. The Morgan fingerprint density at radius 1 is 0.725 bits per heavy atom. The van der Waals surface area contributed by atoms with Crippen molar-refractivity contribution in [1.82, 2.24) is 15.0 Å². The monoisotopic (exact) mass is 533 g/mol. The van der Waals surface area contributed by atoms with E-state index in [0.29, 0.717) is 39.7 Å². The molecule has 3 aromatic carbocycles. The van der Waals surface area contributed by atoms with E-state index < -0.39 is 5.95 Å². The van der Waals surface area contributed by atoms with E-state index >= 15 is 0 Å². The van der Waals surface area contributed by atoms with Crippen LogP contribution in [-0.2, 0) is 0 Å². The molecule has 0 spiro atoms. The first-order chi connectivity index (χ1) is 19.3. The number of hydrogen-bond donors (Lipinski definition) is 4. The predicted molar refractivity (Wildman–Crippen MR) is 153 cm³/mol. The number of nitrogen functional groups attached to an aromatic ring is 1. The lowest BCUT2D eigenvalue weighted by Gasteiger charge is -2.12. The maximum absolute atomic E-state index is 13.2. The summed E-state index contributed by atoms with van der Waals surface area (Å²) >= 11 is 0. The van der Waals surface area contributed by atoms with Crippen molar-refractivity contribution in [2.24, 2.45) is 0 Å². The SMILES string of the molecule is Cc1ccc(NC(=O)c2cccc(-c3ccc(F)nc3)c2)cc1C(=O)Nc1cnc(Nc2cccc(N)c2)nc1. The lowest BCUT2D eigenvalue weighted by atomic mass is 10.0. The summed E-state index contributed by atoms with van der Waals surface area (Å²) in [6.45, 7) is 1.80. The number of amides is 2. The van der Waals surface area contributed by atoms with Gasteiger partial charge in [-0.25, -0.2) is 15.0 Å². The Morgan fingerprint density at radius 3 is 2.25 bits per heavy atom. The number of nitrogens with two attached hydrogens (primary N) is 1. The molecule has 10 heteroatoms. The molecule has 2 aromatic heterocycles. The number of aryl methyl sites for hydroxylation is 1. The Labute approximate surface area is 229 Å². The Hall–Kier alpha value is -5.64. The molecule has 0 saturated carbocycles. The molecule has 0 aliphatic carbocycles. The van der Waals surface area contributed by atoms with Gasteiger partial charge in [-0.3, -0.25) is 9.59 Å². The molecular formula is C30H24FN7O2. The molecular weight excluding hydrogens is 509 g/mol. The fourth-order valence-corrected chi connectivity index (χ4v) is 3.94. The zero-order valence-electron chi connectivity index (χ0n) is 21.4. The molecule has 0 aliphatic rings. The number of nitrogens with one attached hydrogen (secondary N) is 3. The Bertz CT molecular complexity index is 1690. The topological polar surface area (TPSA) is 135 Å². The lowest BCUT2D eigenvalue weighted by Crippen LogP contribution is -2.16. The van der Waals surface area contributed by atoms with E-state index in [9.17, 15) is 14.0 Å². The minimum Gasteiger partial charge on any atom is -0.399 e. The number of pyridine rings is 1. The third-order valence-corrected chi connectivity index (χ3v) is 5.98. The highest BCUT2D eigenvalue weighted by Gasteiger charge is 2.14. The zero-order chi connectivity index (χ0) is 28.1. The van der Waals surface area contributed by atoms with Crippen LogP contribution >= 0.6 is 0 Å². The molecule has 5 N–H and O–H groups in total. The number of hydrogen-bond acceptors (Lipinski definition) is 7. The molecule has 40 heavy (non-hydrogen) atoms. The van der Waals surface area contributed by atoms with Gasteiger partial charge in [-0.1, -0.05) is 24.3 Å². The van der Waals surface area contributed by atoms with Gasteiger partial charge >= 0.3 is 0 Å². The Balaban J connectivity index is 1.26. The smallest absolute Gasteiger partial charge is 0.256 e. The fourth-order valence-electron chi connectivity index (χ4n) is 3.94. The number of benzene rings is 3. The average molecular weight is 534 g/mol. The van der Waals surface area contributed by atoms with Crippen LogP contribution < -0.4 is 21.7 Å². The van der Waals surface area contributed by atoms with E-state index in [0.717, 1.165) is 16.8 Å².